The molecule has 20 heavy (non-hydrogen) atoms. The highest BCUT2D eigenvalue weighted by Crippen LogP contribution is 2.19. The van der Waals surface area contributed by atoms with Gasteiger partial charge in [-0.3, -0.25) is 4.79 Å². The summed E-state index contributed by atoms with van der Waals surface area (Å²) in [5.74, 6) is 0. The predicted octanol–water partition coefficient (Wildman–Crippen LogP) is 3.26. The molecule has 2 heterocycles. The Morgan fingerprint density at radius 2 is 1.95 bits per heavy atom. The monoisotopic (exact) mass is 378 g/mol. The fraction of sp³-hybridized carbons (Fsp3) is 0.188. The molecule has 2 aromatic heterocycles. The van der Waals surface area contributed by atoms with Crippen molar-refractivity contribution in [1.82, 2.24) is 9.55 Å². The van der Waals surface area contributed by atoms with E-state index in [-0.39, 0.29) is 5.56 Å². The van der Waals surface area contributed by atoms with E-state index < -0.39 is 0 Å². The lowest BCUT2D eigenvalue weighted by atomic mass is 10.0. The van der Waals surface area contributed by atoms with Crippen LogP contribution in [0.5, 0.6) is 0 Å². The second-order valence-electron chi connectivity index (χ2n) is 4.96. The van der Waals surface area contributed by atoms with E-state index in [0.29, 0.717) is 5.52 Å². The zero-order chi connectivity index (χ0) is 14.1. The van der Waals surface area contributed by atoms with Crippen molar-refractivity contribution in [2.24, 2.45) is 7.05 Å². The number of aromatic nitrogens is 2. The van der Waals surface area contributed by atoms with Gasteiger partial charge < -0.3 is 9.55 Å². The minimum absolute atomic E-state index is 0.0337. The number of rotatable bonds is 3. The molecule has 0 saturated carbocycles. The zero-order valence-corrected chi connectivity index (χ0v) is 13.3. The van der Waals surface area contributed by atoms with Gasteiger partial charge in [0, 0.05) is 18.6 Å². The van der Waals surface area contributed by atoms with Crippen LogP contribution in [0.25, 0.3) is 10.9 Å². The number of aromatic amines is 1. The molecule has 0 fully saturated rings. The first-order valence-corrected chi connectivity index (χ1v) is 7.63. The van der Waals surface area contributed by atoms with E-state index in [1.807, 2.05) is 19.3 Å². The molecule has 0 bridgehead atoms. The first-order valence-electron chi connectivity index (χ1n) is 6.56. The van der Waals surface area contributed by atoms with Crippen LogP contribution in [0.4, 0.5) is 0 Å². The molecule has 0 spiro atoms. The lowest BCUT2D eigenvalue weighted by Crippen LogP contribution is -2.17. The Kier molecular flexibility index (Phi) is 3.65. The van der Waals surface area contributed by atoms with Crippen molar-refractivity contribution in [1.29, 1.82) is 0 Å². The number of aryl methyl sites for hydroxylation is 3. The molecule has 4 heteroatoms. The van der Waals surface area contributed by atoms with E-state index in [1.165, 1.54) is 11.1 Å². The number of pyridine rings is 1. The molecule has 0 amide bonds. The van der Waals surface area contributed by atoms with Gasteiger partial charge in [0.25, 0.3) is 5.56 Å². The Morgan fingerprint density at radius 1 is 1.20 bits per heavy atom. The van der Waals surface area contributed by atoms with Crippen LogP contribution in [0.1, 0.15) is 11.1 Å². The highest BCUT2D eigenvalue weighted by molar-refractivity contribution is 14.1. The van der Waals surface area contributed by atoms with E-state index in [1.54, 1.807) is 4.57 Å². The lowest BCUT2D eigenvalue weighted by Gasteiger charge is -2.06. The van der Waals surface area contributed by atoms with E-state index in [2.05, 4.69) is 57.9 Å². The summed E-state index contributed by atoms with van der Waals surface area (Å²) in [4.78, 5) is 15.3. The van der Waals surface area contributed by atoms with E-state index in [4.69, 9.17) is 0 Å². The highest BCUT2D eigenvalue weighted by Gasteiger charge is 2.10. The Labute approximate surface area is 130 Å². The normalized spacial score (nSPS) is 11.1. The standard InChI is InChI=1S/C16H15IN2O/c1-19-10-12(8-7-11-5-3-2-4-6-11)13-9-14(17)18-15(13)16(19)20/h2-6,9-10,18H,7-8H2,1H3. The quantitative estimate of drug-likeness (QED) is 0.699. The third-order valence-electron chi connectivity index (χ3n) is 3.54. The maximum atomic E-state index is 12.1. The zero-order valence-electron chi connectivity index (χ0n) is 11.2. The summed E-state index contributed by atoms with van der Waals surface area (Å²) in [5, 5.41) is 1.05. The minimum atomic E-state index is 0.0337. The molecule has 0 saturated heterocycles. The number of nitrogens with zero attached hydrogens (tertiary/aromatic N) is 1. The number of nitrogens with one attached hydrogen (secondary N) is 1. The Bertz CT molecular complexity index is 802. The molecule has 0 aliphatic rings. The molecular weight excluding hydrogens is 363 g/mol. The fourth-order valence-corrected chi connectivity index (χ4v) is 3.09. The van der Waals surface area contributed by atoms with Gasteiger partial charge in [-0.2, -0.15) is 0 Å². The SMILES string of the molecule is Cn1cc(CCc2ccccc2)c2cc(I)[nH]c2c1=O. The molecule has 3 aromatic rings. The van der Waals surface area contributed by atoms with Crippen molar-refractivity contribution >= 4 is 33.5 Å². The van der Waals surface area contributed by atoms with Crippen LogP contribution in [0.3, 0.4) is 0 Å². The van der Waals surface area contributed by atoms with Gasteiger partial charge in [0.1, 0.15) is 5.52 Å². The van der Waals surface area contributed by atoms with Gasteiger partial charge in [-0.1, -0.05) is 30.3 Å². The smallest absolute Gasteiger partial charge is 0.274 e. The summed E-state index contributed by atoms with van der Waals surface area (Å²) in [7, 11) is 1.81. The third kappa shape index (κ3) is 2.52. The van der Waals surface area contributed by atoms with Crippen LogP contribution in [-0.4, -0.2) is 9.55 Å². The summed E-state index contributed by atoms with van der Waals surface area (Å²) in [5.41, 5.74) is 3.28. The maximum absolute atomic E-state index is 12.1. The van der Waals surface area contributed by atoms with Gasteiger partial charge in [0.05, 0.1) is 3.70 Å². The number of fused-ring (bicyclic) bond motifs is 1. The first-order chi connectivity index (χ1) is 9.65. The molecular formula is C16H15IN2O. The summed E-state index contributed by atoms with van der Waals surface area (Å²) in [6.07, 6.45) is 3.87. The van der Waals surface area contributed by atoms with Crippen molar-refractivity contribution in [3.8, 4) is 0 Å². The Morgan fingerprint density at radius 3 is 2.70 bits per heavy atom. The largest absolute Gasteiger partial charge is 0.345 e. The number of benzene rings is 1. The molecule has 0 aliphatic carbocycles. The number of hydrogen-bond acceptors (Lipinski definition) is 1. The van der Waals surface area contributed by atoms with E-state index in [0.717, 1.165) is 21.9 Å². The van der Waals surface area contributed by atoms with Crippen LogP contribution < -0.4 is 5.56 Å². The number of halogens is 1. The first kappa shape index (κ1) is 13.4. The van der Waals surface area contributed by atoms with E-state index >= 15 is 0 Å². The molecule has 102 valence electrons. The van der Waals surface area contributed by atoms with Gasteiger partial charge in [-0.25, -0.2) is 0 Å². The molecule has 3 nitrogen and oxygen atoms in total. The molecule has 1 N–H and O–H groups in total. The van der Waals surface area contributed by atoms with Crippen LogP contribution >= 0.6 is 22.6 Å². The van der Waals surface area contributed by atoms with Gasteiger partial charge in [-0.05, 0) is 52.6 Å². The van der Waals surface area contributed by atoms with Gasteiger partial charge >= 0.3 is 0 Å². The minimum Gasteiger partial charge on any atom is -0.345 e. The van der Waals surface area contributed by atoms with Crippen molar-refractivity contribution in [3.05, 3.63) is 67.8 Å². The molecule has 0 radical (unpaired) electrons. The van der Waals surface area contributed by atoms with Gasteiger partial charge in [0.15, 0.2) is 0 Å². The fourth-order valence-electron chi connectivity index (χ4n) is 2.50. The summed E-state index contributed by atoms with van der Waals surface area (Å²) >= 11 is 2.21. The second-order valence-corrected chi connectivity index (χ2v) is 6.12. The van der Waals surface area contributed by atoms with Crippen molar-refractivity contribution in [2.75, 3.05) is 0 Å². The van der Waals surface area contributed by atoms with Crippen LogP contribution in [0.15, 0.2) is 47.4 Å². The van der Waals surface area contributed by atoms with E-state index in [9.17, 15) is 4.79 Å². The van der Waals surface area contributed by atoms with Crippen LogP contribution in [0, 0.1) is 3.70 Å². The Balaban J connectivity index is 1.99. The topological polar surface area (TPSA) is 37.8 Å². The average molecular weight is 378 g/mol. The Hall–Kier alpha value is -1.56. The van der Waals surface area contributed by atoms with Crippen molar-refractivity contribution < 1.29 is 0 Å². The molecule has 0 aliphatic heterocycles. The molecule has 0 unspecified atom stereocenters. The lowest BCUT2D eigenvalue weighted by molar-refractivity contribution is 0.842. The second kappa shape index (κ2) is 5.44. The summed E-state index contributed by atoms with van der Waals surface area (Å²) in [6, 6.07) is 12.5. The average Bonchev–Trinajstić information content (AvgIpc) is 2.85. The van der Waals surface area contributed by atoms with Crippen molar-refractivity contribution in [2.45, 2.75) is 12.8 Å². The molecule has 3 rings (SSSR count). The van der Waals surface area contributed by atoms with Crippen LogP contribution in [0.2, 0.25) is 0 Å². The predicted molar refractivity (Wildman–Crippen MR) is 90.1 cm³/mol. The van der Waals surface area contributed by atoms with Crippen LogP contribution in [-0.2, 0) is 19.9 Å². The third-order valence-corrected chi connectivity index (χ3v) is 4.12. The molecule has 0 atom stereocenters. The maximum Gasteiger partial charge on any atom is 0.274 e. The summed E-state index contributed by atoms with van der Waals surface area (Å²) < 4.78 is 2.66. The summed E-state index contributed by atoms with van der Waals surface area (Å²) in [6.45, 7) is 0. The number of hydrogen-bond donors (Lipinski definition) is 1. The van der Waals surface area contributed by atoms with Crippen molar-refractivity contribution in [3.63, 3.8) is 0 Å². The number of H-pyrrole nitrogens is 1. The highest BCUT2D eigenvalue weighted by atomic mass is 127. The van der Waals surface area contributed by atoms with Gasteiger partial charge in [0.2, 0.25) is 0 Å². The molecule has 1 aromatic carbocycles. The van der Waals surface area contributed by atoms with Gasteiger partial charge in [-0.15, -0.1) is 0 Å².